The molecule has 0 unspecified atom stereocenters. The molecule has 0 bridgehead atoms. The number of ether oxygens (including phenoxy) is 2. The third-order valence-corrected chi connectivity index (χ3v) is 4.34. The molecule has 0 aromatic heterocycles. The Hall–Kier alpha value is -2.53. The summed E-state index contributed by atoms with van der Waals surface area (Å²) in [5.41, 5.74) is 3.54. The zero-order valence-corrected chi connectivity index (χ0v) is 17.5. The maximum atomic E-state index is 10.8. The SMILES string of the molecule is COc1ccc(-c2ccc(OCCN(C)CC(=O)O)c(CC(C)(C)C)c2)cc1. The lowest BCUT2D eigenvalue weighted by atomic mass is 9.86. The van der Waals surface area contributed by atoms with Crippen molar-refractivity contribution < 1.29 is 19.4 Å². The maximum absolute atomic E-state index is 10.8. The van der Waals surface area contributed by atoms with Crippen LogP contribution in [-0.2, 0) is 11.2 Å². The van der Waals surface area contributed by atoms with E-state index in [0.717, 1.165) is 34.6 Å². The van der Waals surface area contributed by atoms with E-state index in [1.807, 2.05) is 18.2 Å². The molecule has 0 aliphatic heterocycles. The molecule has 0 spiro atoms. The van der Waals surface area contributed by atoms with Gasteiger partial charge in [0.05, 0.1) is 13.7 Å². The molecule has 2 aromatic carbocycles. The molecule has 0 aliphatic carbocycles. The minimum absolute atomic E-state index is 0.00855. The van der Waals surface area contributed by atoms with Crippen molar-refractivity contribution in [3.8, 4) is 22.6 Å². The first-order valence-corrected chi connectivity index (χ1v) is 9.48. The van der Waals surface area contributed by atoms with Crippen LogP contribution in [0.2, 0.25) is 0 Å². The van der Waals surface area contributed by atoms with Crippen LogP contribution in [0.25, 0.3) is 11.1 Å². The van der Waals surface area contributed by atoms with Crippen LogP contribution in [0.3, 0.4) is 0 Å². The van der Waals surface area contributed by atoms with Gasteiger partial charge in [-0.25, -0.2) is 0 Å². The summed E-state index contributed by atoms with van der Waals surface area (Å²) in [7, 11) is 3.44. The van der Waals surface area contributed by atoms with E-state index in [9.17, 15) is 4.79 Å². The van der Waals surface area contributed by atoms with Crippen LogP contribution in [0.15, 0.2) is 42.5 Å². The van der Waals surface area contributed by atoms with E-state index >= 15 is 0 Å². The Morgan fingerprint density at radius 3 is 2.29 bits per heavy atom. The third kappa shape index (κ3) is 6.89. The standard InChI is InChI=1S/C23H31NO4/c1-23(2,3)15-19-14-18(17-6-9-20(27-5)10-7-17)8-11-21(19)28-13-12-24(4)16-22(25)26/h6-11,14H,12-13,15-16H2,1-5H3,(H,25,26). The van der Waals surface area contributed by atoms with Crippen LogP contribution in [-0.4, -0.2) is 49.8 Å². The van der Waals surface area contributed by atoms with Gasteiger partial charge in [0.25, 0.3) is 0 Å². The van der Waals surface area contributed by atoms with Gasteiger partial charge < -0.3 is 14.6 Å². The lowest BCUT2D eigenvalue weighted by Gasteiger charge is -2.22. The Labute approximate surface area is 167 Å². The number of likely N-dealkylation sites (N-methyl/N-ethyl adjacent to an activating group) is 1. The second-order valence-electron chi connectivity index (χ2n) is 8.27. The number of nitrogens with zero attached hydrogens (tertiary/aromatic N) is 1. The molecule has 0 radical (unpaired) electrons. The van der Waals surface area contributed by atoms with Gasteiger partial charge in [-0.3, -0.25) is 9.69 Å². The summed E-state index contributed by atoms with van der Waals surface area (Å²) in [5, 5.41) is 8.85. The van der Waals surface area contributed by atoms with Crippen molar-refractivity contribution in [3.05, 3.63) is 48.0 Å². The number of aliphatic carboxylic acids is 1. The normalized spacial score (nSPS) is 11.5. The number of hydrogen-bond acceptors (Lipinski definition) is 4. The van der Waals surface area contributed by atoms with Crippen molar-refractivity contribution >= 4 is 5.97 Å². The van der Waals surface area contributed by atoms with Crippen molar-refractivity contribution in [1.29, 1.82) is 0 Å². The van der Waals surface area contributed by atoms with Crippen LogP contribution < -0.4 is 9.47 Å². The predicted molar refractivity (Wildman–Crippen MR) is 112 cm³/mol. The summed E-state index contributed by atoms with van der Waals surface area (Å²) in [6, 6.07) is 14.3. The highest BCUT2D eigenvalue weighted by Crippen LogP contribution is 2.32. The molecule has 2 aromatic rings. The number of hydrogen-bond donors (Lipinski definition) is 1. The van der Waals surface area contributed by atoms with Crippen molar-refractivity contribution in [1.82, 2.24) is 4.90 Å². The minimum atomic E-state index is -0.834. The zero-order valence-electron chi connectivity index (χ0n) is 17.5. The van der Waals surface area contributed by atoms with Gasteiger partial charge >= 0.3 is 5.97 Å². The van der Waals surface area contributed by atoms with Gasteiger partial charge in [0.1, 0.15) is 18.1 Å². The molecule has 0 atom stereocenters. The summed E-state index contributed by atoms with van der Waals surface area (Å²) in [6.07, 6.45) is 0.886. The Morgan fingerprint density at radius 1 is 1.07 bits per heavy atom. The Balaban J connectivity index is 2.18. The van der Waals surface area contributed by atoms with Crippen LogP contribution in [0.5, 0.6) is 11.5 Å². The third-order valence-electron chi connectivity index (χ3n) is 4.34. The van der Waals surface area contributed by atoms with Gasteiger partial charge in [-0.2, -0.15) is 0 Å². The molecule has 5 nitrogen and oxygen atoms in total. The molecular weight excluding hydrogens is 354 g/mol. The Kier molecular flexibility index (Phi) is 7.46. The molecule has 152 valence electrons. The molecule has 0 fully saturated rings. The van der Waals surface area contributed by atoms with Crippen molar-refractivity contribution in [2.45, 2.75) is 27.2 Å². The fourth-order valence-electron chi connectivity index (χ4n) is 3.01. The highest BCUT2D eigenvalue weighted by molar-refractivity contribution is 5.69. The molecular formula is C23H31NO4. The summed E-state index contributed by atoms with van der Waals surface area (Å²) in [4.78, 5) is 12.5. The van der Waals surface area contributed by atoms with Gasteiger partial charge in [-0.05, 0) is 59.8 Å². The average molecular weight is 386 g/mol. The van der Waals surface area contributed by atoms with Crippen molar-refractivity contribution in [2.75, 3.05) is 33.9 Å². The van der Waals surface area contributed by atoms with Crippen LogP contribution >= 0.6 is 0 Å². The molecule has 5 heteroatoms. The van der Waals surface area contributed by atoms with Gasteiger partial charge in [0.15, 0.2) is 0 Å². The first-order valence-electron chi connectivity index (χ1n) is 9.48. The fraction of sp³-hybridized carbons (Fsp3) is 0.435. The molecule has 1 N–H and O–H groups in total. The Morgan fingerprint density at radius 2 is 1.71 bits per heavy atom. The van der Waals surface area contributed by atoms with Crippen molar-refractivity contribution in [2.24, 2.45) is 5.41 Å². The smallest absolute Gasteiger partial charge is 0.317 e. The van der Waals surface area contributed by atoms with E-state index in [1.165, 1.54) is 0 Å². The zero-order chi connectivity index (χ0) is 20.7. The molecule has 2 rings (SSSR count). The molecule has 0 heterocycles. The number of carboxylic acids is 1. The highest BCUT2D eigenvalue weighted by atomic mass is 16.5. The van der Waals surface area contributed by atoms with E-state index in [2.05, 4.69) is 45.0 Å². The number of rotatable bonds is 9. The predicted octanol–water partition coefficient (Wildman–Crippen LogP) is 4.35. The van der Waals surface area contributed by atoms with E-state index < -0.39 is 5.97 Å². The second kappa shape index (κ2) is 9.60. The largest absolute Gasteiger partial charge is 0.497 e. The van der Waals surface area contributed by atoms with Gasteiger partial charge in [-0.1, -0.05) is 39.0 Å². The van der Waals surface area contributed by atoms with E-state index in [1.54, 1.807) is 19.1 Å². The molecule has 0 aliphatic rings. The van der Waals surface area contributed by atoms with Crippen LogP contribution in [0.1, 0.15) is 26.3 Å². The first-order chi connectivity index (χ1) is 13.2. The average Bonchev–Trinajstić information content (AvgIpc) is 2.61. The quantitative estimate of drug-likeness (QED) is 0.696. The van der Waals surface area contributed by atoms with E-state index in [4.69, 9.17) is 14.6 Å². The number of carbonyl (C=O) groups is 1. The summed E-state index contributed by atoms with van der Waals surface area (Å²) in [6.45, 7) is 7.63. The molecule has 0 amide bonds. The van der Waals surface area contributed by atoms with E-state index in [-0.39, 0.29) is 12.0 Å². The van der Waals surface area contributed by atoms with Gasteiger partial charge in [0.2, 0.25) is 0 Å². The maximum Gasteiger partial charge on any atom is 0.317 e. The van der Waals surface area contributed by atoms with Crippen molar-refractivity contribution in [3.63, 3.8) is 0 Å². The minimum Gasteiger partial charge on any atom is -0.497 e. The molecule has 0 saturated heterocycles. The van der Waals surface area contributed by atoms with E-state index in [0.29, 0.717) is 13.2 Å². The number of benzene rings is 2. The molecule has 0 saturated carbocycles. The first kappa shape index (κ1) is 21.8. The van der Waals surface area contributed by atoms with Crippen LogP contribution in [0.4, 0.5) is 0 Å². The van der Waals surface area contributed by atoms with Gasteiger partial charge in [0, 0.05) is 6.54 Å². The lowest BCUT2D eigenvalue weighted by molar-refractivity contribution is -0.138. The summed E-state index contributed by atoms with van der Waals surface area (Å²) in [5.74, 6) is 0.861. The topological polar surface area (TPSA) is 59.0 Å². The fourth-order valence-corrected chi connectivity index (χ4v) is 3.01. The monoisotopic (exact) mass is 385 g/mol. The molecule has 28 heavy (non-hydrogen) atoms. The Bertz CT molecular complexity index is 778. The second-order valence-corrected chi connectivity index (χ2v) is 8.27. The highest BCUT2D eigenvalue weighted by Gasteiger charge is 2.16. The van der Waals surface area contributed by atoms with Crippen LogP contribution in [0, 0.1) is 5.41 Å². The number of methoxy groups -OCH3 is 1. The summed E-state index contributed by atoms with van der Waals surface area (Å²) < 4.78 is 11.2. The number of carboxylic acid groups (broad SMARTS) is 1. The van der Waals surface area contributed by atoms with Gasteiger partial charge in [-0.15, -0.1) is 0 Å². The lowest BCUT2D eigenvalue weighted by Crippen LogP contribution is -2.29. The summed E-state index contributed by atoms with van der Waals surface area (Å²) >= 11 is 0.